The van der Waals surface area contributed by atoms with Crippen molar-refractivity contribution in [3.05, 3.63) is 24.0 Å². The minimum Gasteiger partial charge on any atom is -0.399 e. The van der Waals surface area contributed by atoms with Crippen LogP contribution >= 0.6 is 0 Å². The van der Waals surface area contributed by atoms with E-state index in [1.165, 1.54) is 13.2 Å². The van der Waals surface area contributed by atoms with E-state index in [4.69, 9.17) is 10.5 Å². The molecule has 0 aliphatic heterocycles. The minimum absolute atomic E-state index is 0.0796. The first kappa shape index (κ1) is 12.9. The quantitative estimate of drug-likeness (QED) is 0.627. The third-order valence-electron chi connectivity index (χ3n) is 2.01. The zero-order valence-electron chi connectivity index (χ0n) is 8.94. The summed E-state index contributed by atoms with van der Waals surface area (Å²) in [4.78, 5) is -0.0823. The van der Waals surface area contributed by atoms with Crippen LogP contribution in [0.1, 0.15) is 6.42 Å². The number of hydrogen-bond donors (Lipinski definition) is 1. The third-order valence-corrected chi connectivity index (χ3v) is 3.79. The van der Waals surface area contributed by atoms with E-state index in [-0.39, 0.29) is 16.3 Å². The number of nitrogens with two attached hydrogens (primary N) is 1. The van der Waals surface area contributed by atoms with Crippen LogP contribution in [0.25, 0.3) is 0 Å². The molecule has 90 valence electrons. The molecule has 0 heterocycles. The molecular formula is C10H14FNO3S. The zero-order chi connectivity index (χ0) is 12.2. The molecule has 0 spiro atoms. The van der Waals surface area contributed by atoms with E-state index in [1.807, 2.05) is 0 Å². The van der Waals surface area contributed by atoms with Crippen LogP contribution in [-0.4, -0.2) is 27.9 Å². The van der Waals surface area contributed by atoms with E-state index in [9.17, 15) is 12.8 Å². The molecule has 0 bridgehead atoms. The van der Waals surface area contributed by atoms with Crippen LogP contribution in [0.5, 0.6) is 0 Å². The number of sulfone groups is 1. The Morgan fingerprint density at radius 2 is 2.06 bits per heavy atom. The van der Waals surface area contributed by atoms with Gasteiger partial charge < -0.3 is 10.5 Å². The maximum absolute atomic E-state index is 13.0. The smallest absolute Gasteiger partial charge is 0.178 e. The summed E-state index contributed by atoms with van der Waals surface area (Å²) in [5, 5.41) is 0. The van der Waals surface area contributed by atoms with E-state index < -0.39 is 15.7 Å². The highest BCUT2D eigenvalue weighted by atomic mass is 32.2. The first-order valence-electron chi connectivity index (χ1n) is 4.73. The summed E-state index contributed by atoms with van der Waals surface area (Å²) in [7, 11) is -1.98. The van der Waals surface area contributed by atoms with Crippen LogP contribution in [0, 0.1) is 5.82 Å². The second kappa shape index (κ2) is 5.27. The summed E-state index contributed by atoms with van der Waals surface area (Å²) < 4.78 is 41.2. The van der Waals surface area contributed by atoms with Gasteiger partial charge >= 0.3 is 0 Å². The average molecular weight is 247 g/mol. The van der Waals surface area contributed by atoms with Gasteiger partial charge in [-0.3, -0.25) is 0 Å². The number of ether oxygens (including phenoxy) is 1. The third kappa shape index (κ3) is 3.46. The van der Waals surface area contributed by atoms with Crippen LogP contribution in [0.4, 0.5) is 10.1 Å². The van der Waals surface area contributed by atoms with Crippen molar-refractivity contribution in [2.24, 2.45) is 0 Å². The van der Waals surface area contributed by atoms with Crippen LogP contribution in [0.15, 0.2) is 23.1 Å². The van der Waals surface area contributed by atoms with Gasteiger partial charge in [0.15, 0.2) is 9.84 Å². The highest BCUT2D eigenvalue weighted by Crippen LogP contribution is 2.17. The lowest BCUT2D eigenvalue weighted by Gasteiger charge is -2.05. The van der Waals surface area contributed by atoms with Crippen molar-refractivity contribution in [1.29, 1.82) is 0 Å². The summed E-state index contributed by atoms with van der Waals surface area (Å²) in [5.74, 6) is -0.727. The van der Waals surface area contributed by atoms with E-state index in [0.717, 1.165) is 12.1 Å². The van der Waals surface area contributed by atoms with Crippen molar-refractivity contribution in [2.75, 3.05) is 25.2 Å². The van der Waals surface area contributed by atoms with Crippen LogP contribution in [-0.2, 0) is 14.6 Å². The van der Waals surface area contributed by atoms with Crippen molar-refractivity contribution in [2.45, 2.75) is 11.3 Å². The van der Waals surface area contributed by atoms with Crippen molar-refractivity contribution in [3.8, 4) is 0 Å². The van der Waals surface area contributed by atoms with Gasteiger partial charge in [-0.25, -0.2) is 12.8 Å². The Morgan fingerprint density at radius 3 is 2.62 bits per heavy atom. The molecular weight excluding hydrogens is 233 g/mol. The number of benzene rings is 1. The standard InChI is InChI=1S/C10H14FNO3S/c1-15-3-2-4-16(13,14)10-6-8(11)5-9(12)7-10/h5-7H,2-4,12H2,1H3. The van der Waals surface area contributed by atoms with Crippen molar-refractivity contribution >= 4 is 15.5 Å². The second-order valence-corrected chi connectivity index (χ2v) is 5.49. The van der Waals surface area contributed by atoms with E-state index >= 15 is 0 Å². The van der Waals surface area contributed by atoms with Crippen molar-refractivity contribution in [1.82, 2.24) is 0 Å². The number of nitrogen functional groups attached to an aromatic ring is 1. The summed E-state index contributed by atoms with van der Waals surface area (Å²) in [6.07, 6.45) is 0.370. The number of halogens is 1. The molecule has 1 aromatic rings. The second-order valence-electron chi connectivity index (χ2n) is 3.39. The average Bonchev–Trinajstić information content (AvgIpc) is 2.16. The fraction of sp³-hybridized carbons (Fsp3) is 0.400. The van der Waals surface area contributed by atoms with Gasteiger partial charge in [-0.2, -0.15) is 0 Å². The molecule has 6 heteroatoms. The van der Waals surface area contributed by atoms with Crippen LogP contribution in [0.2, 0.25) is 0 Å². The van der Waals surface area contributed by atoms with Crippen molar-refractivity contribution in [3.63, 3.8) is 0 Å². The number of hydrogen-bond acceptors (Lipinski definition) is 4. The normalized spacial score (nSPS) is 11.6. The molecule has 16 heavy (non-hydrogen) atoms. The van der Waals surface area contributed by atoms with E-state index in [1.54, 1.807) is 0 Å². The number of anilines is 1. The largest absolute Gasteiger partial charge is 0.399 e. The fourth-order valence-electron chi connectivity index (χ4n) is 1.28. The molecule has 1 aromatic carbocycles. The van der Waals surface area contributed by atoms with Gasteiger partial charge in [-0.15, -0.1) is 0 Å². The highest BCUT2D eigenvalue weighted by Gasteiger charge is 2.15. The van der Waals surface area contributed by atoms with Gasteiger partial charge in [0.2, 0.25) is 0 Å². The lowest BCUT2D eigenvalue weighted by atomic mass is 10.3. The fourth-order valence-corrected chi connectivity index (χ4v) is 2.62. The Hall–Kier alpha value is -1.14. The maximum atomic E-state index is 13.0. The SMILES string of the molecule is COCCCS(=O)(=O)c1cc(N)cc(F)c1. The Bertz CT molecular complexity index is 439. The zero-order valence-corrected chi connectivity index (χ0v) is 9.76. The first-order valence-corrected chi connectivity index (χ1v) is 6.39. The Morgan fingerprint density at radius 1 is 1.38 bits per heavy atom. The molecule has 4 nitrogen and oxygen atoms in total. The molecule has 0 amide bonds. The number of rotatable bonds is 5. The predicted octanol–water partition coefficient (Wildman–Crippen LogP) is 1.22. The molecule has 0 saturated heterocycles. The highest BCUT2D eigenvalue weighted by molar-refractivity contribution is 7.91. The molecule has 0 aliphatic carbocycles. The molecule has 0 radical (unpaired) electrons. The summed E-state index contributed by atoms with van der Waals surface area (Å²) in [6, 6.07) is 3.30. The van der Waals surface area contributed by atoms with Crippen LogP contribution in [0.3, 0.4) is 0 Å². The maximum Gasteiger partial charge on any atom is 0.178 e. The molecule has 0 fully saturated rings. The molecule has 0 aliphatic rings. The van der Waals surface area contributed by atoms with Crippen LogP contribution < -0.4 is 5.73 Å². The Labute approximate surface area is 94.1 Å². The molecule has 2 N–H and O–H groups in total. The molecule has 1 rings (SSSR count). The lowest BCUT2D eigenvalue weighted by molar-refractivity contribution is 0.199. The molecule has 0 aromatic heterocycles. The topological polar surface area (TPSA) is 69.4 Å². The van der Waals surface area contributed by atoms with Gasteiger partial charge in [0.05, 0.1) is 10.6 Å². The Kier molecular flexibility index (Phi) is 4.26. The van der Waals surface area contributed by atoms with Gasteiger partial charge in [0.25, 0.3) is 0 Å². The molecule has 0 atom stereocenters. The van der Waals surface area contributed by atoms with E-state index in [0.29, 0.717) is 13.0 Å². The van der Waals surface area contributed by atoms with Gasteiger partial charge in [0, 0.05) is 19.4 Å². The summed E-state index contributed by atoms with van der Waals surface area (Å²) in [5.41, 5.74) is 5.48. The Balaban J connectivity index is 2.89. The monoisotopic (exact) mass is 247 g/mol. The summed E-state index contributed by atoms with van der Waals surface area (Å²) in [6.45, 7) is 0.351. The molecule has 0 unspecified atom stereocenters. The van der Waals surface area contributed by atoms with Gasteiger partial charge in [-0.1, -0.05) is 0 Å². The predicted molar refractivity (Wildman–Crippen MR) is 59.4 cm³/mol. The number of methoxy groups -OCH3 is 1. The lowest BCUT2D eigenvalue weighted by Crippen LogP contribution is -2.09. The van der Waals surface area contributed by atoms with Gasteiger partial charge in [0.1, 0.15) is 5.82 Å². The minimum atomic E-state index is -3.48. The van der Waals surface area contributed by atoms with Crippen molar-refractivity contribution < 1.29 is 17.5 Å². The first-order chi connectivity index (χ1) is 7.45. The summed E-state index contributed by atoms with van der Waals surface area (Å²) >= 11 is 0. The molecule has 0 saturated carbocycles. The van der Waals surface area contributed by atoms with E-state index in [2.05, 4.69) is 0 Å². The van der Waals surface area contributed by atoms with Gasteiger partial charge in [-0.05, 0) is 24.6 Å².